The minimum atomic E-state index is 0.198. The number of rotatable bonds is 3. The molecule has 0 aromatic heterocycles. The van der Waals surface area contributed by atoms with Gasteiger partial charge >= 0.3 is 0 Å². The first-order valence-corrected chi connectivity index (χ1v) is 8.62. The Bertz CT molecular complexity index is 456. The van der Waals surface area contributed by atoms with Gasteiger partial charge in [-0.15, -0.1) is 0 Å². The topological polar surface area (TPSA) is 21.3 Å². The quantitative estimate of drug-likeness (QED) is 0.870. The summed E-state index contributed by atoms with van der Waals surface area (Å²) in [7, 11) is 0. The first-order valence-electron chi connectivity index (χ1n) is 7.83. The first-order chi connectivity index (χ1) is 9.69. The van der Waals surface area contributed by atoms with E-state index in [1.54, 1.807) is 0 Å². The fraction of sp³-hybridized carbons (Fsp3) is 0.647. The van der Waals surface area contributed by atoms with Gasteiger partial charge in [-0.3, -0.25) is 0 Å². The minimum Gasteiger partial charge on any atom is -0.375 e. The van der Waals surface area contributed by atoms with Crippen LogP contribution in [-0.4, -0.2) is 18.2 Å². The van der Waals surface area contributed by atoms with E-state index in [9.17, 15) is 0 Å². The molecule has 1 saturated heterocycles. The minimum absolute atomic E-state index is 0.198. The summed E-state index contributed by atoms with van der Waals surface area (Å²) in [6, 6.07) is 9.47. The normalized spacial score (nSPS) is 26.8. The highest BCUT2D eigenvalue weighted by atomic mass is 79.9. The number of halogens is 1. The van der Waals surface area contributed by atoms with Crippen molar-refractivity contribution in [3.63, 3.8) is 0 Å². The van der Waals surface area contributed by atoms with Gasteiger partial charge in [-0.1, -0.05) is 47.0 Å². The van der Waals surface area contributed by atoms with E-state index < -0.39 is 0 Å². The van der Waals surface area contributed by atoms with E-state index in [2.05, 4.69) is 52.4 Å². The Labute approximate surface area is 130 Å². The Hall–Kier alpha value is -0.380. The van der Waals surface area contributed by atoms with Crippen molar-refractivity contribution in [2.24, 2.45) is 0 Å². The lowest BCUT2D eigenvalue weighted by molar-refractivity contribution is -0.0846. The van der Waals surface area contributed by atoms with Crippen LogP contribution < -0.4 is 5.32 Å². The highest BCUT2D eigenvalue weighted by molar-refractivity contribution is 9.10. The van der Waals surface area contributed by atoms with E-state index in [-0.39, 0.29) is 5.60 Å². The molecule has 1 unspecified atom stereocenters. The van der Waals surface area contributed by atoms with Crippen LogP contribution in [0.1, 0.15) is 57.1 Å². The molecular formula is C17H24BrNO. The highest BCUT2D eigenvalue weighted by Crippen LogP contribution is 2.40. The third kappa shape index (κ3) is 3.10. The molecule has 0 amide bonds. The van der Waals surface area contributed by atoms with Crippen LogP contribution in [-0.2, 0) is 4.74 Å². The smallest absolute Gasteiger partial charge is 0.0697 e. The zero-order chi connectivity index (χ0) is 14.0. The van der Waals surface area contributed by atoms with Gasteiger partial charge in [-0.25, -0.2) is 0 Å². The second-order valence-electron chi connectivity index (χ2n) is 6.34. The number of nitrogens with one attached hydrogen (secondary N) is 1. The van der Waals surface area contributed by atoms with Gasteiger partial charge in [0.1, 0.15) is 0 Å². The van der Waals surface area contributed by atoms with Gasteiger partial charge in [0.2, 0.25) is 0 Å². The summed E-state index contributed by atoms with van der Waals surface area (Å²) in [6.45, 7) is 3.18. The monoisotopic (exact) mass is 337 g/mol. The summed E-state index contributed by atoms with van der Waals surface area (Å²) < 4.78 is 7.32. The lowest BCUT2D eigenvalue weighted by Gasteiger charge is -2.39. The SMILES string of the molecule is C[C@H](NC1CCOC2(CCCC2)C1)c1ccccc1Br. The average Bonchev–Trinajstić information content (AvgIpc) is 2.87. The zero-order valence-corrected chi connectivity index (χ0v) is 13.8. The van der Waals surface area contributed by atoms with Crippen molar-refractivity contribution in [3.05, 3.63) is 34.3 Å². The van der Waals surface area contributed by atoms with Gasteiger partial charge in [0.15, 0.2) is 0 Å². The summed E-state index contributed by atoms with van der Waals surface area (Å²) >= 11 is 3.66. The van der Waals surface area contributed by atoms with Crippen LogP contribution in [0.2, 0.25) is 0 Å². The standard InChI is InChI=1S/C17H24BrNO/c1-13(15-6-2-3-7-16(15)18)19-14-8-11-20-17(12-14)9-4-5-10-17/h2-3,6-7,13-14,19H,4-5,8-12H2,1H3/t13-,14?/m0/s1. The Balaban J connectivity index is 1.64. The second kappa shape index (κ2) is 6.17. The van der Waals surface area contributed by atoms with Crippen LogP contribution >= 0.6 is 15.9 Å². The van der Waals surface area contributed by atoms with Crippen molar-refractivity contribution in [2.45, 2.75) is 63.1 Å². The molecule has 110 valence electrons. The molecular weight excluding hydrogens is 314 g/mol. The van der Waals surface area contributed by atoms with Crippen LogP contribution in [0.3, 0.4) is 0 Å². The third-order valence-corrected chi connectivity index (χ3v) is 5.59. The third-order valence-electron chi connectivity index (χ3n) is 4.87. The van der Waals surface area contributed by atoms with Crippen molar-refractivity contribution in [3.8, 4) is 0 Å². The molecule has 1 aliphatic heterocycles. The molecule has 3 heteroatoms. The number of ether oxygens (including phenoxy) is 1. The maximum absolute atomic E-state index is 6.12. The molecule has 20 heavy (non-hydrogen) atoms. The molecule has 1 aromatic carbocycles. The van der Waals surface area contributed by atoms with Crippen LogP contribution in [0.25, 0.3) is 0 Å². The van der Waals surface area contributed by atoms with E-state index in [1.807, 2.05) is 0 Å². The zero-order valence-electron chi connectivity index (χ0n) is 12.2. The summed E-state index contributed by atoms with van der Waals surface area (Å²) in [5.74, 6) is 0. The van der Waals surface area contributed by atoms with E-state index >= 15 is 0 Å². The van der Waals surface area contributed by atoms with Crippen LogP contribution in [0, 0.1) is 0 Å². The van der Waals surface area contributed by atoms with E-state index in [4.69, 9.17) is 4.74 Å². The Morgan fingerprint density at radius 1 is 1.30 bits per heavy atom. The van der Waals surface area contributed by atoms with Gasteiger partial charge in [-0.2, -0.15) is 0 Å². The van der Waals surface area contributed by atoms with E-state index in [0.29, 0.717) is 12.1 Å². The predicted octanol–water partition coefficient (Wildman–Crippen LogP) is 4.59. The Kier molecular flexibility index (Phi) is 4.49. The molecule has 1 spiro atoms. The van der Waals surface area contributed by atoms with Crippen LogP contribution in [0.4, 0.5) is 0 Å². The van der Waals surface area contributed by atoms with Crippen molar-refractivity contribution in [2.75, 3.05) is 6.61 Å². The van der Waals surface area contributed by atoms with Gasteiger partial charge in [0.25, 0.3) is 0 Å². The summed E-state index contributed by atoms with van der Waals surface area (Å²) in [5.41, 5.74) is 1.54. The molecule has 3 rings (SSSR count). The van der Waals surface area contributed by atoms with E-state index in [0.717, 1.165) is 13.0 Å². The van der Waals surface area contributed by atoms with E-state index in [1.165, 1.54) is 42.1 Å². The molecule has 2 fully saturated rings. The molecule has 1 aliphatic carbocycles. The molecule has 2 atom stereocenters. The molecule has 1 saturated carbocycles. The maximum atomic E-state index is 6.12. The maximum Gasteiger partial charge on any atom is 0.0697 e. The first kappa shape index (κ1) is 14.6. The van der Waals surface area contributed by atoms with Crippen molar-refractivity contribution in [1.82, 2.24) is 5.32 Å². The van der Waals surface area contributed by atoms with Crippen molar-refractivity contribution >= 4 is 15.9 Å². The predicted molar refractivity (Wildman–Crippen MR) is 85.9 cm³/mol. The van der Waals surface area contributed by atoms with Crippen LogP contribution in [0.15, 0.2) is 28.7 Å². The number of hydrogen-bond donors (Lipinski definition) is 1. The number of benzene rings is 1. The largest absolute Gasteiger partial charge is 0.375 e. The Morgan fingerprint density at radius 2 is 2.05 bits per heavy atom. The lowest BCUT2D eigenvalue weighted by atomic mass is 9.88. The van der Waals surface area contributed by atoms with Gasteiger partial charge in [0, 0.05) is 23.2 Å². The molecule has 2 aliphatic rings. The molecule has 1 heterocycles. The number of hydrogen-bond acceptors (Lipinski definition) is 2. The molecule has 0 bridgehead atoms. The summed E-state index contributed by atoms with van der Waals surface area (Å²) in [6.07, 6.45) is 7.51. The second-order valence-corrected chi connectivity index (χ2v) is 7.19. The molecule has 2 nitrogen and oxygen atoms in total. The molecule has 0 radical (unpaired) electrons. The fourth-order valence-electron chi connectivity index (χ4n) is 3.81. The van der Waals surface area contributed by atoms with Crippen LogP contribution in [0.5, 0.6) is 0 Å². The summed E-state index contributed by atoms with van der Waals surface area (Å²) in [5, 5.41) is 3.82. The van der Waals surface area contributed by atoms with Gasteiger partial charge in [0.05, 0.1) is 5.60 Å². The lowest BCUT2D eigenvalue weighted by Crippen LogP contribution is -2.46. The van der Waals surface area contributed by atoms with Gasteiger partial charge < -0.3 is 10.1 Å². The van der Waals surface area contributed by atoms with Crippen molar-refractivity contribution in [1.29, 1.82) is 0 Å². The molecule has 1 aromatic rings. The fourth-order valence-corrected chi connectivity index (χ4v) is 4.44. The molecule has 1 N–H and O–H groups in total. The Morgan fingerprint density at radius 3 is 2.80 bits per heavy atom. The van der Waals surface area contributed by atoms with Gasteiger partial charge in [-0.05, 0) is 44.2 Å². The van der Waals surface area contributed by atoms with Crippen molar-refractivity contribution < 1.29 is 4.74 Å². The highest BCUT2D eigenvalue weighted by Gasteiger charge is 2.40. The summed E-state index contributed by atoms with van der Waals surface area (Å²) in [4.78, 5) is 0. The average molecular weight is 338 g/mol.